The maximum Gasteiger partial charge on any atom is 0.257 e. The van der Waals surface area contributed by atoms with Gasteiger partial charge in [-0.15, -0.1) is 0 Å². The second-order valence-corrected chi connectivity index (χ2v) is 8.99. The van der Waals surface area contributed by atoms with Crippen LogP contribution in [0.15, 0.2) is 54.7 Å². The van der Waals surface area contributed by atoms with E-state index in [0.717, 1.165) is 5.69 Å². The lowest BCUT2D eigenvalue weighted by atomic mass is 10.0. The van der Waals surface area contributed by atoms with Crippen molar-refractivity contribution >= 4 is 29.1 Å². The van der Waals surface area contributed by atoms with Crippen LogP contribution in [-0.4, -0.2) is 64.1 Å². The van der Waals surface area contributed by atoms with Crippen molar-refractivity contribution < 1.29 is 14.0 Å². The van der Waals surface area contributed by atoms with E-state index in [9.17, 15) is 14.0 Å². The lowest BCUT2D eigenvalue weighted by molar-refractivity contribution is -0.117. The minimum absolute atomic E-state index is 0.0429. The molecule has 0 saturated carbocycles. The number of nitrogens with one attached hydrogen (secondary N) is 1. The Bertz CT molecular complexity index is 1170. The Morgan fingerprint density at radius 2 is 1.74 bits per heavy atom. The van der Waals surface area contributed by atoms with E-state index >= 15 is 0 Å². The van der Waals surface area contributed by atoms with Crippen LogP contribution >= 0.6 is 11.6 Å². The smallest absolute Gasteiger partial charge is 0.257 e. The summed E-state index contributed by atoms with van der Waals surface area (Å²) >= 11 is 6.11. The van der Waals surface area contributed by atoms with Gasteiger partial charge in [-0.2, -0.15) is 5.10 Å². The fourth-order valence-corrected chi connectivity index (χ4v) is 4.28. The van der Waals surface area contributed by atoms with Crippen LogP contribution in [0.4, 0.5) is 10.1 Å². The number of nitrogens with zero attached hydrogens (tertiary/aromatic N) is 4. The molecule has 1 aliphatic heterocycles. The van der Waals surface area contributed by atoms with Crippen LogP contribution in [0.25, 0.3) is 5.69 Å². The molecule has 0 radical (unpaired) electrons. The molecule has 0 aliphatic carbocycles. The number of para-hydroxylation sites is 1. The Balaban J connectivity index is 1.39. The summed E-state index contributed by atoms with van der Waals surface area (Å²) in [5, 5.41) is 7.75. The molecule has 2 heterocycles. The fourth-order valence-electron chi connectivity index (χ4n) is 4.10. The van der Waals surface area contributed by atoms with E-state index in [-0.39, 0.29) is 30.1 Å². The highest BCUT2D eigenvalue weighted by Crippen LogP contribution is 2.25. The molecule has 7 nitrogen and oxygen atoms in total. The molecule has 4 rings (SSSR count). The Kier molecular flexibility index (Phi) is 7.29. The predicted octanol–water partition coefficient (Wildman–Crippen LogP) is 4.18. The van der Waals surface area contributed by atoms with Gasteiger partial charge in [0, 0.05) is 26.2 Å². The van der Waals surface area contributed by atoms with Crippen LogP contribution < -0.4 is 5.32 Å². The molecule has 0 unspecified atom stereocenters. The van der Waals surface area contributed by atoms with E-state index in [4.69, 9.17) is 11.6 Å². The third-order valence-electron chi connectivity index (χ3n) is 5.83. The molecule has 2 amide bonds. The Morgan fingerprint density at radius 3 is 2.38 bits per heavy atom. The molecule has 0 spiro atoms. The van der Waals surface area contributed by atoms with Gasteiger partial charge in [0.25, 0.3) is 5.91 Å². The summed E-state index contributed by atoms with van der Waals surface area (Å²) in [5.74, 6) is -0.509. The highest BCUT2D eigenvalue weighted by atomic mass is 35.5. The number of anilines is 1. The van der Waals surface area contributed by atoms with Crippen molar-refractivity contribution in [1.29, 1.82) is 0 Å². The zero-order valence-corrected chi connectivity index (χ0v) is 19.9. The number of rotatable bonds is 6. The van der Waals surface area contributed by atoms with Crippen molar-refractivity contribution in [3.05, 3.63) is 76.8 Å². The van der Waals surface area contributed by atoms with E-state index in [1.165, 1.54) is 12.1 Å². The second-order valence-electron chi connectivity index (χ2n) is 8.58. The molecule has 9 heteroatoms. The van der Waals surface area contributed by atoms with Crippen molar-refractivity contribution in [2.24, 2.45) is 0 Å². The minimum atomic E-state index is -0.322. The number of carbonyl (C=O) groups is 2. The normalized spacial score (nSPS) is 14.4. The van der Waals surface area contributed by atoms with Crippen LogP contribution in [0.5, 0.6) is 0 Å². The SMILES string of the molecule is CC(C)c1c(C(=O)N2CCN(CC(=O)Nc3ccccc3Cl)CC2)cnn1-c1ccc(F)cc1. The van der Waals surface area contributed by atoms with Gasteiger partial charge >= 0.3 is 0 Å². The largest absolute Gasteiger partial charge is 0.336 e. The molecule has 34 heavy (non-hydrogen) atoms. The van der Waals surface area contributed by atoms with Crippen LogP contribution in [0.1, 0.15) is 35.8 Å². The number of aromatic nitrogens is 2. The predicted molar refractivity (Wildman–Crippen MR) is 130 cm³/mol. The first-order valence-corrected chi connectivity index (χ1v) is 11.6. The summed E-state index contributed by atoms with van der Waals surface area (Å²) in [6.07, 6.45) is 1.59. The third kappa shape index (κ3) is 5.29. The number of hydrogen-bond acceptors (Lipinski definition) is 4. The van der Waals surface area contributed by atoms with Gasteiger partial charge in [0.1, 0.15) is 5.82 Å². The molecular weight excluding hydrogens is 457 g/mol. The number of amides is 2. The molecule has 2 aromatic carbocycles. The highest BCUT2D eigenvalue weighted by molar-refractivity contribution is 6.33. The molecular formula is C25H27ClFN5O2. The van der Waals surface area contributed by atoms with E-state index in [2.05, 4.69) is 10.4 Å². The van der Waals surface area contributed by atoms with Crippen molar-refractivity contribution in [2.45, 2.75) is 19.8 Å². The number of benzene rings is 2. The first-order valence-electron chi connectivity index (χ1n) is 11.2. The first-order chi connectivity index (χ1) is 16.3. The van der Waals surface area contributed by atoms with Gasteiger partial charge < -0.3 is 10.2 Å². The van der Waals surface area contributed by atoms with Crippen molar-refractivity contribution in [1.82, 2.24) is 19.6 Å². The number of hydrogen-bond donors (Lipinski definition) is 1. The summed E-state index contributed by atoms with van der Waals surface area (Å²) in [7, 11) is 0. The zero-order chi connectivity index (χ0) is 24.2. The molecule has 0 atom stereocenters. The second kappa shape index (κ2) is 10.4. The molecule has 0 bridgehead atoms. The highest BCUT2D eigenvalue weighted by Gasteiger charge is 2.28. The summed E-state index contributed by atoms with van der Waals surface area (Å²) < 4.78 is 15.1. The third-order valence-corrected chi connectivity index (χ3v) is 6.16. The standard InChI is InChI=1S/C25H27ClFN5O2/c1-17(2)24-20(15-28-32(24)19-9-7-18(27)8-10-19)25(34)31-13-11-30(12-14-31)16-23(33)29-22-6-4-3-5-21(22)26/h3-10,15,17H,11-14,16H2,1-2H3,(H,29,33). The average Bonchev–Trinajstić information content (AvgIpc) is 3.27. The van der Waals surface area contributed by atoms with Crippen molar-refractivity contribution in [2.75, 3.05) is 38.0 Å². The van der Waals surface area contributed by atoms with E-state index in [0.29, 0.717) is 48.1 Å². The Labute approximate surface area is 203 Å². The minimum Gasteiger partial charge on any atom is -0.336 e. The molecule has 3 aromatic rings. The van der Waals surface area contributed by atoms with Gasteiger partial charge in [-0.05, 0) is 42.3 Å². The van der Waals surface area contributed by atoms with Crippen molar-refractivity contribution in [3.63, 3.8) is 0 Å². The number of halogens is 2. The molecule has 1 N–H and O–H groups in total. The molecule has 1 aromatic heterocycles. The maximum atomic E-state index is 13.4. The van der Waals surface area contributed by atoms with Gasteiger partial charge in [0.2, 0.25) is 5.91 Å². The first kappa shape index (κ1) is 23.9. The average molecular weight is 484 g/mol. The van der Waals surface area contributed by atoms with E-state index < -0.39 is 0 Å². The summed E-state index contributed by atoms with van der Waals surface area (Å²) in [5.41, 5.74) is 2.63. The molecule has 1 saturated heterocycles. The lowest BCUT2D eigenvalue weighted by Gasteiger charge is -2.34. The monoisotopic (exact) mass is 483 g/mol. The Hall–Kier alpha value is -3.23. The molecule has 1 aliphatic rings. The van der Waals surface area contributed by atoms with Crippen LogP contribution in [0, 0.1) is 5.82 Å². The van der Waals surface area contributed by atoms with Gasteiger partial charge in [-0.25, -0.2) is 9.07 Å². The van der Waals surface area contributed by atoms with Gasteiger partial charge in [0.05, 0.1) is 40.4 Å². The Morgan fingerprint density at radius 1 is 1.06 bits per heavy atom. The topological polar surface area (TPSA) is 70.5 Å². The number of piperazine rings is 1. The quantitative estimate of drug-likeness (QED) is 0.571. The van der Waals surface area contributed by atoms with Gasteiger partial charge in [0.15, 0.2) is 0 Å². The number of carbonyl (C=O) groups excluding carboxylic acids is 2. The fraction of sp³-hybridized carbons (Fsp3) is 0.320. The van der Waals surface area contributed by atoms with E-state index in [1.807, 2.05) is 30.9 Å². The van der Waals surface area contributed by atoms with E-state index in [1.54, 1.807) is 40.0 Å². The summed E-state index contributed by atoms with van der Waals surface area (Å²) in [6, 6.07) is 13.2. The maximum absolute atomic E-state index is 13.4. The van der Waals surface area contributed by atoms with Crippen molar-refractivity contribution in [3.8, 4) is 5.69 Å². The summed E-state index contributed by atoms with van der Waals surface area (Å²) in [4.78, 5) is 29.6. The molecule has 178 valence electrons. The lowest BCUT2D eigenvalue weighted by Crippen LogP contribution is -2.50. The van der Waals surface area contributed by atoms with Crippen LogP contribution in [0.3, 0.4) is 0 Å². The zero-order valence-electron chi connectivity index (χ0n) is 19.2. The van der Waals surface area contributed by atoms with Crippen LogP contribution in [0.2, 0.25) is 5.02 Å². The van der Waals surface area contributed by atoms with Gasteiger partial charge in [-0.3, -0.25) is 14.5 Å². The van der Waals surface area contributed by atoms with Crippen LogP contribution in [-0.2, 0) is 4.79 Å². The van der Waals surface area contributed by atoms with Gasteiger partial charge in [-0.1, -0.05) is 37.6 Å². The summed E-state index contributed by atoms with van der Waals surface area (Å²) in [6.45, 7) is 6.43. The molecule has 1 fully saturated rings.